The fourth-order valence-electron chi connectivity index (χ4n) is 3.25. The van der Waals surface area contributed by atoms with Gasteiger partial charge in [0.25, 0.3) is 11.8 Å². The highest BCUT2D eigenvalue weighted by Crippen LogP contribution is 2.37. The molecule has 1 fully saturated rings. The van der Waals surface area contributed by atoms with E-state index in [-0.39, 0.29) is 29.3 Å². The summed E-state index contributed by atoms with van der Waals surface area (Å²) in [5.41, 5.74) is 5.54. The maximum Gasteiger partial charge on any atom is 0.255 e. The maximum absolute atomic E-state index is 13.0. The highest BCUT2D eigenvalue weighted by molar-refractivity contribution is 6.32. The molecule has 1 aromatic carbocycles. The first-order chi connectivity index (χ1) is 12.0. The fourth-order valence-corrected chi connectivity index (χ4v) is 3.52. The van der Waals surface area contributed by atoms with E-state index in [1.54, 1.807) is 12.1 Å². The van der Waals surface area contributed by atoms with E-state index in [0.29, 0.717) is 17.9 Å². The molecule has 1 saturated carbocycles. The normalized spacial score (nSPS) is 14.8. The number of hydrogen-bond donors (Lipinski definition) is 1. The van der Waals surface area contributed by atoms with Gasteiger partial charge in [-0.3, -0.25) is 9.59 Å². The first-order valence-electron chi connectivity index (χ1n) is 8.57. The van der Waals surface area contributed by atoms with Gasteiger partial charge in [-0.2, -0.15) is 0 Å². The third-order valence-electron chi connectivity index (χ3n) is 4.45. The fraction of sp³-hybridized carbons (Fsp3) is 0.556. The lowest BCUT2D eigenvalue weighted by atomic mass is 9.93. The molecule has 25 heavy (non-hydrogen) atoms. The van der Waals surface area contributed by atoms with Crippen LogP contribution in [0.2, 0.25) is 5.02 Å². The predicted octanol–water partition coefficient (Wildman–Crippen LogP) is 3.01. The van der Waals surface area contributed by atoms with Crippen molar-refractivity contribution in [1.29, 1.82) is 0 Å². The molecule has 0 aliphatic heterocycles. The van der Waals surface area contributed by atoms with Gasteiger partial charge < -0.3 is 20.1 Å². The second-order valence-corrected chi connectivity index (χ2v) is 6.53. The van der Waals surface area contributed by atoms with Crippen LogP contribution >= 0.6 is 11.6 Å². The molecule has 0 spiro atoms. The van der Waals surface area contributed by atoms with Crippen LogP contribution in [0.4, 0.5) is 0 Å². The van der Waals surface area contributed by atoms with Gasteiger partial charge in [-0.25, -0.2) is 0 Å². The van der Waals surface area contributed by atoms with Crippen LogP contribution in [-0.2, 0) is 4.79 Å². The third-order valence-corrected chi connectivity index (χ3v) is 4.73. The van der Waals surface area contributed by atoms with Crippen LogP contribution < -0.4 is 15.2 Å². The second-order valence-electron chi connectivity index (χ2n) is 6.13. The van der Waals surface area contributed by atoms with Gasteiger partial charge in [0, 0.05) is 18.2 Å². The number of methoxy groups -OCH3 is 1. The van der Waals surface area contributed by atoms with E-state index in [0.717, 1.165) is 25.7 Å². The van der Waals surface area contributed by atoms with Crippen molar-refractivity contribution >= 4 is 23.4 Å². The van der Waals surface area contributed by atoms with Crippen LogP contribution in [0.1, 0.15) is 49.4 Å². The molecule has 0 unspecified atom stereocenters. The van der Waals surface area contributed by atoms with Crippen molar-refractivity contribution < 1.29 is 19.1 Å². The molecule has 6 nitrogen and oxygen atoms in total. The van der Waals surface area contributed by atoms with Crippen molar-refractivity contribution in [1.82, 2.24) is 4.90 Å². The molecule has 1 aliphatic rings. The number of amides is 2. The zero-order valence-electron chi connectivity index (χ0n) is 14.7. The lowest BCUT2D eigenvalue weighted by molar-refractivity contribution is -0.119. The number of carbonyl (C=O) groups excluding carboxylic acids is 2. The number of benzene rings is 1. The van der Waals surface area contributed by atoms with Crippen LogP contribution in [0.25, 0.3) is 0 Å². The summed E-state index contributed by atoms with van der Waals surface area (Å²) in [6.45, 7) is 2.31. The topological polar surface area (TPSA) is 81.9 Å². The monoisotopic (exact) mass is 368 g/mol. The highest BCUT2D eigenvalue weighted by Gasteiger charge is 2.26. The van der Waals surface area contributed by atoms with E-state index in [2.05, 4.69) is 0 Å². The quantitative estimate of drug-likeness (QED) is 0.802. The van der Waals surface area contributed by atoms with Crippen LogP contribution in [-0.4, -0.2) is 43.0 Å². The molecule has 138 valence electrons. The number of ether oxygens (including phenoxy) is 2. The molecule has 0 bridgehead atoms. The molecule has 1 aromatic rings. The standard InChI is InChI=1S/C18H25ClN2O4/c1-3-21(13-7-5-4-6-8-13)18(23)12-9-14(19)17(15(10-12)24-2)25-11-16(20)22/h9-10,13H,3-8,11H2,1-2H3,(H2,20,22). The summed E-state index contributed by atoms with van der Waals surface area (Å²) in [6.07, 6.45) is 5.60. The minimum Gasteiger partial charge on any atom is -0.493 e. The Hall–Kier alpha value is -1.95. The summed E-state index contributed by atoms with van der Waals surface area (Å²) in [4.78, 5) is 25.8. The minimum absolute atomic E-state index is 0.0731. The van der Waals surface area contributed by atoms with Crippen molar-refractivity contribution in [3.05, 3.63) is 22.7 Å². The zero-order chi connectivity index (χ0) is 18.4. The van der Waals surface area contributed by atoms with Gasteiger partial charge >= 0.3 is 0 Å². The van der Waals surface area contributed by atoms with Crippen molar-refractivity contribution in [2.24, 2.45) is 5.73 Å². The molecule has 1 aliphatic carbocycles. The van der Waals surface area contributed by atoms with E-state index < -0.39 is 5.91 Å². The molecule has 0 atom stereocenters. The Labute approximate surface area is 153 Å². The number of rotatable bonds is 7. The molecule has 2 rings (SSSR count). The van der Waals surface area contributed by atoms with Gasteiger partial charge in [-0.05, 0) is 31.9 Å². The number of hydrogen-bond acceptors (Lipinski definition) is 4. The molecule has 2 amide bonds. The van der Waals surface area contributed by atoms with Crippen molar-refractivity contribution in [3.63, 3.8) is 0 Å². The van der Waals surface area contributed by atoms with Gasteiger partial charge in [-0.1, -0.05) is 30.9 Å². The Morgan fingerprint density at radius 1 is 1.28 bits per heavy atom. The minimum atomic E-state index is -0.618. The molecule has 0 aromatic heterocycles. The molecular weight excluding hydrogens is 344 g/mol. The predicted molar refractivity (Wildman–Crippen MR) is 96.3 cm³/mol. The van der Waals surface area contributed by atoms with E-state index >= 15 is 0 Å². The van der Waals surface area contributed by atoms with E-state index in [1.165, 1.54) is 13.5 Å². The summed E-state index contributed by atoms with van der Waals surface area (Å²) < 4.78 is 10.6. The molecule has 2 N–H and O–H groups in total. The summed E-state index contributed by atoms with van der Waals surface area (Å²) >= 11 is 6.25. The van der Waals surface area contributed by atoms with Crippen LogP contribution in [0, 0.1) is 0 Å². The molecule has 7 heteroatoms. The summed E-state index contributed by atoms with van der Waals surface area (Å²) in [7, 11) is 1.45. The molecular formula is C18H25ClN2O4. The Kier molecular flexibility index (Phi) is 6.93. The Balaban J connectivity index is 2.26. The average Bonchev–Trinajstić information content (AvgIpc) is 2.61. The Morgan fingerprint density at radius 3 is 2.52 bits per heavy atom. The third kappa shape index (κ3) is 4.78. The van der Waals surface area contributed by atoms with E-state index in [9.17, 15) is 9.59 Å². The van der Waals surface area contributed by atoms with Gasteiger partial charge in [0.05, 0.1) is 12.1 Å². The Morgan fingerprint density at radius 2 is 1.96 bits per heavy atom. The van der Waals surface area contributed by atoms with Crippen LogP contribution in [0.15, 0.2) is 12.1 Å². The first kappa shape index (κ1) is 19.4. The number of nitrogens with zero attached hydrogens (tertiary/aromatic N) is 1. The zero-order valence-corrected chi connectivity index (χ0v) is 15.5. The molecule has 0 radical (unpaired) electrons. The van der Waals surface area contributed by atoms with Gasteiger partial charge in [0.1, 0.15) is 0 Å². The molecule has 0 heterocycles. The number of primary amides is 1. The second kappa shape index (κ2) is 8.94. The van der Waals surface area contributed by atoms with Gasteiger partial charge in [-0.15, -0.1) is 0 Å². The number of carbonyl (C=O) groups is 2. The lowest BCUT2D eigenvalue weighted by Crippen LogP contribution is -2.41. The smallest absolute Gasteiger partial charge is 0.255 e. The largest absolute Gasteiger partial charge is 0.493 e. The summed E-state index contributed by atoms with van der Waals surface area (Å²) in [6, 6.07) is 3.41. The lowest BCUT2D eigenvalue weighted by Gasteiger charge is -2.33. The number of nitrogens with two attached hydrogens (primary N) is 1. The summed E-state index contributed by atoms with van der Waals surface area (Å²) in [5.74, 6) is -0.180. The van der Waals surface area contributed by atoms with Crippen LogP contribution in [0.5, 0.6) is 11.5 Å². The first-order valence-corrected chi connectivity index (χ1v) is 8.95. The average molecular weight is 369 g/mol. The van der Waals surface area contributed by atoms with E-state index in [1.807, 2.05) is 11.8 Å². The maximum atomic E-state index is 13.0. The van der Waals surface area contributed by atoms with Crippen molar-refractivity contribution in [3.8, 4) is 11.5 Å². The van der Waals surface area contributed by atoms with Crippen molar-refractivity contribution in [2.45, 2.75) is 45.1 Å². The summed E-state index contributed by atoms with van der Waals surface area (Å²) in [5, 5.41) is 0.212. The van der Waals surface area contributed by atoms with Gasteiger partial charge in [0.2, 0.25) is 0 Å². The van der Waals surface area contributed by atoms with Crippen molar-refractivity contribution in [2.75, 3.05) is 20.3 Å². The molecule has 0 saturated heterocycles. The number of halogens is 1. The SMILES string of the molecule is CCN(C(=O)c1cc(Cl)c(OCC(N)=O)c(OC)c1)C1CCCCC1. The Bertz CT molecular complexity index is 630. The van der Waals surface area contributed by atoms with Crippen LogP contribution in [0.3, 0.4) is 0 Å². The highest BCUT2D eigenvalue weighted by atomic mass is 35.5. The van der Waals surface area contributed by atoms with Gasteiger partial charge in [0.15, 0.2) is 18.1 Å². The van der Waals surface area contributed by atoms with E-state index in [4.69, 9.17) is 26.8 Å².